The number of benzene rings is 3. The number of carbonyl (C=O) groups excluding carboxylic acids is 3. The number of rotatable bonds is 21. The highest BCUT2D eigenvalue weighted by Gasteiger charge is 2.30. The van der Waals surface area contributed by atoms with Gasteiger partial charge in [-0.1, -0.05) is 161 Å². The van der Waals surface area contributed by atoms with Crippen molar-refractivity contribution in [3.63, 3.8) is 0 Å². The molecule has 0 amide bonds. The predicted octanol–water partition coefficient (Wildman–Crippen LogP) is 9.40. The summed E-state index contributed by atoms with van der Waals surface area (Å²) in [5, 5.41) is 33.3. The fourth-order valence-electron chi connectivity index (χ4n) is 8.77. The van der Waals surface area contributed by atoms with Crippen LogP contribution in [0.2, 0.25) is 0 Å². The third-order valence-electron chi connectivity index (χ3n) is 13.2. The van der Waals surface area contributed by atoms with Gasteiger partial charge >= 0.3 is 35.0 Å². The lowest BCUT2D eigenvalue weighted by Gasteiger charge is -2.28. The number of phenols is 3. The lowest BCUT2D eigenvalue weighted by atomic mass is 9.78. The van der Waals surface area contributed by atoms with E-state index in [0.717, 1.165) is 50.1 Å². The second-order valence-corrected chi connectivity index (χ2v) is 26.3. The zero-order valence-corrected chi connectivity index (χ0v) is 49.5. The fourth-order valence-corrected chi connectivity index (χ4v) is 8.77. The molecule has 0 saturated carbocycles. The number of nitrogens with zero attached hydrogens (tertiary/aromatic N) is 3. The zero-order chi connectivity index (χ0) is 59.1. The summed E-state index contributed by atoms with van der Waals surface area (Å²) in [6.07, 6.45) is 0.522. The molecule has 0 aliphatic carbocycles. The van der Waals surface area contributed by atoms with Gasteiger partial charge in [-0.3, -0.25) is 14.7 Å². The zero-order valence-electron chi connectivity index (χ0n) is 49.5. The molecule has 3 N–H and O–H groups in total. The van der Waals surface area contributed by atoms with E-state index in [0.29, 0.717) is 13.7 Å². The summed E-state index contributed by atoms with van der Waals surface area (Å²) < 4.78 is 2.07. The minimum Gasteiger partial charge on any atom is -0.507 e. The van der Waals surface area contributed by atoms with Crippen LogP contribution in [0.15, 0.2) is 50.8 Å². The minimum absolute atomic E-state index is 0.0924. The molecule has 4 aromatic rings. The van der Waals surface area contributed by atoms with Crippen molar-refractivity contribution in [1.82, 2.24) is 13.7 Å². The Morgan fingerprint density at radius 1 is 0.359 bits per heavy atom. The SMILES string of the molecule is CC(C)(C)c1cc(CCC(=O)OOCCn2c(=O)n(CCOOC(=O)CCc3cc(C(C)(C)C)c(O)c(C(C)(C)C)c3)c(=O)n(CCOOC(=O)CCc3cc(C(C)(C)C)c(O)c(C(C)(C)C)c3)c2=O)cc(C(C)(C)C)c1O. The smallest absolute Gasteiger partial charge is 0.342 e. The first-order valence-corrected chi connectivity index (χ1v) is 26.7. The molecule has 0 saturated heterocycles. The van der Waals surface area contributed by atoms with Crippen molar-refractivity contribution in [3.05, 3.63) is 118 Å². The Kier molecular flexibility index (Phi) is 20.8. The Balaban J connectivity index is 1.47. The van der Waals surface area contributed by atoms with E-state index < -0.39 is 74.4 Å². The predicted molar refractivity (Wildman–Crippen MR) is 297 cm³/mol. The quantitative estimate of drug-likeness (QED) is 0.0401. The van der Waals surface area contributed by atoms with Crippen LogP contribution in [-0.4, -0.2) is 66.7 Å². The number of aromatic nitrogens is 3. The average Bonchev–Trinajstić information content (AvgIpc) is 3.29. The summed E-state index contributed by atoms with van der Waals surface area (Å²) in [4.78, 5) is 111. The Morgan fingerprint density at radius 2 is 0.538 bits per heavy atom. The molecule has 0 spiro atoms. The van der Waals surface area contributed by atoms with Crippen molar-refractivity contribution in [2.45, 2.75) is 215 Å². The first-order chi connectivity index (χ1) is 35.7. The fraction of sp³-hybridized carbons (Fsp3) is 0.600. The van der Waals surface area contributed by atoms with Gasteiger partial charge in [0.2, 0.25) is 0 Å². The van der Waals surface area contributed by atoms with E-state index >= 15 is 0 Å². The number of phenolic OH excluding ortho intramolecular Hbond substituents is 3. The summed E-state index contributed by atoms with van der Waals surface area (Å²) in [6.45, 7) is 32.9. The largest absolute Gasteiger partial charge is 0.507 e. The molecule has 0 aliphatic rings. The van der Waals surface area contributed by atoms with Crippen molar-refractivity contribution in [2.75, 3.05) is 19.8 Å². The van der Waals surface area contributed by atoms with Crippen LogP contribution in [0.3, 0.4) is 0 Å². The number of carbonyl (C=O) groups is 3. The van der Waals surface area contributed by atoms with Gasteiger partial charge in [0.05, 0.1) is 38.9 Å². The van der Waals surface area contributed by atoms with Gasteiger partial charge in [0, 0.05) is 0 Å². The summed E-state index contributed by atoms with van der Waals surface area (Å²) in [7, 11) is 0. The molecule has 432 valence electrons. The van der Waals surface area contributed by atoms with Crippen LogP contribution in [0.1, 0.15) is 194 Å². The highest BCUT2D eigenvalue weighted by molar-refractivity contribution is 5.70. The third kappa shape index (κ3) is 17.4. The monoisotopic (exact) mass is 1090 g/mol. The van der Waals surface area contributed by atoms with Crippen LogP contribution in [0.25, 0.3) is 0 Å². The molecular weight excluding hydrogens is 1000 g/mol. The first-order valence-electron chi connectivity index (χ1n) is 26.7. The van der Waals surface area contributed by atoms with Gasteiger partial charge in [-0.2, -0.15) is 14.7 Å². The van der Waals surface area contributed by atoms with E-state index in [1.807, 2.05) is 161 Å². The molecule has 0 radical (unpaired) electrons. The normalized spacial score (nSPS) is 12.7. The molecule has 0 atom stereocenters. The molecule has 1 aromatic heterocycles. The molecule has 18 nitrogen and oxygen atoms in total. The standard InChI is InChI=1S/C60H87N3O15/c1-55(2,3)40-31-37(32-41(49(40)67)56(4,5)6)19-22-46(64)76-73-28-25-61-52(70)62(26-29-74-77-47(65)23-20-38-33-42(57(7,8)9)50(68)43(34-38)58(10,11)12)54(72)63(53(61)71)27-30-75-78-48(66)24-21-39-35-44(59(13,14)15)51(69)45(36-39)60(16,17)18/h31-36,67-69H,19-30H2,1-18H3. The molecular formula is C60H87N3O15. The van der Waals surface area contributed by atoms with Crippen molar-refractivity contribution < 1.29 is 59.0 Å². The van der Waals surface area contributed by atoms with Crippen LogP contribution >= 0.6 is 0 Å². The van der Waals surface area contributed by atoms with Gasteiger partial charge in [-0.25, -0.2) is 42.5 Å². The molecule has 0 aliphatic heterocycles. The van der Waals surface area contributed by atoms with E-state index in [9.17, 15) is 44.1 Å². The maximum absolute atomic E-state index is 13.8. The van der Waals surface area contributed by atoms with Gasteiger partial charge in [-0.05, 0) is 102 Å². The van der Waals surface area contributed by atoms with Crippen LogP contribution in [-0.2, 0) is 115 Å². The van der Waals surface area contributed by atoms with E-state index in [-0.39, 0.29) is 88.3 Å². The van der Waals surface area contributed by atoms with Crippen molar-refractivity contribution >= 4 is 17.9 Å². The second kappa shape index (κ2) is 25.3. The van der Waals surface area contributed by atoms with E-state index in [1.54, 1.807) is 0 Å². The molecule has 18 heteroatoms. The molecule has 1 heterocycles. The molecule has 3 aromatic carbocycles. The Hall–Kier alpha value is -6.24. The summed E-state index contributed by atoms with van der Waals surface area (Å²) in [6, 6.07) is 11.2. The topological polar surface area (TPSA) is 233 Å². The number of aromatic hydroxyl groups is 3. The highest BCUT2D eigenvalue weighted by atomic mass is 17.2. The lowest BCUT2D eigenvalue weighted by Crippen LogP contribution is -2.55. The van der Waals surface area contributed by atoms with Crippen molar-refractivity contribution in [1.29, 1.82) is 0 Å². The molecule has 0 fully saturated rings. The number of hydrogen-bond acceptors (Lipinski definition) is 15. The van der Waals surface area contributed by atoms with Crippen LogP contribution in [0.4, 0.5) is 0 Å². The maximum atomic E-state index is 13.8. The molecule has 4 rings (SSSR count). The second-order valence-electron chi connectivity index (χ2n) is 26.3. The van der Waals surface area contributed by atoms with Crippen LogP contribution in [0, 0.1) is 0 Å². The maximum Gasteiger partial charge on any atom is 0.342 e. The molecule has 78 heavy (non-hydrogen) atoms. The summed E-state index contributed by atoms with van der Waals surface area (Å²) in [5.41, 5.74) is 1.41. The number of aryl methyl sites for hydroxylation is 3. The van der Waals surface area contributed by atoms with Crippen molar-refractivity contribution in [3.8, 4) is 17.2 Å². The van der Waals surface area contributed by atoms with E-state index in [2.05, 4.69) is 0 Å². The first kappa shape index (κ1) is 64.3. The van der Waals surface area contributed by atoms with E-state index in [4.69, 9.17) is 29.3 Å². The van der Waals surface area contributed by atoms with Crippen LogP contribution in [0.5, 0.6) is 17.2 Å². The van der Waals surface area contributed by atoms with Gasteiger partial charge in [0.1, 0.15) is 37.1 Å². The van der Waals surface area contributed by atoms with Gasteiger partial charge < -0.3 is 15.3 Å². The summed E-state index contributed by atoms with van der Waals surface area (Å²) >= 11 is 0. The van der Waals surface area contributed by atoms with Gasteiger partial charge in [-0.15, -0.1) is 0 Å². The van der Waals surface area contributed by atoms with Crippen LogP contribution < -0.4 is 17.1 Å². The minimum atomic E-state index is -1.06. The lowest BCUT2D eigenvalue weighted by molar-refractivity contribution is -0.274. The van der Waals surface area contributed by atoms with Gasteiger partial charge in [0.15, 0.2) is 0 Å². The Morgan fingerprint density at radius 3 is 0.705 bits per heavy atom. The Bertz CT molecular complexity index is 2520. The Labute approximate surface area is 459 Å². The average molecular weight is 1090 g/mol. The van der Waals surface area contributed by atoms with Crippen molar-refractivity contribution in [2.24, 2.45) is 0 Å². The molecule has 0 bridgehead atoms. The highest BCUT2D eigenvalue weighted by Crippen LogP contribution is 2.43. The summed E-state index contributed by atoms with van der Waals surface area (Å²) in [5.74, 6) is -1.56. The van der Waals surface area contributed by atoms with E-state index in [1.165, 1.54) is 0 Å². The third-order valence-corrected chi connectivity index (χ3v) is 13.2. The van der Waals surface area contributed by atoms with Gasteiger partial charge in [0.25, 0.3) is 0 Å². The molecule has 0 unspecified atom stereocenters. The number of hydrogen-bond donors (Lipinski definition) is 3.